The van der Waals surface area contributed by atoms with E-state index in [1.165, 1.54) is 0 Å². The molecule has 29 heavy (non-hydrogen) atoms. The average molecular weight is 481 g/mol. The van der Waals surface area contributed by atoms with E-state index in [9.17, 15) is 9.59 Å². The highest BCUT2D eigenvalue weighted by Crippen LogP contribution is 2.27. The number of carbonyl (C=O) groups excluding carboxylic acids is 2. The van der Waals surface area contributed by atoms with Crippen LogP contribution in [0.3, 0.4) is 0 Å². The predicted molar refractivity (Wildman–Crippen MR) is 125 cm³/mol. The number of esters is 2. The Kier molecular flexibility index (Phi) is 11.5. The maximum atomic E-state index is 11.7. The maximum absolute atomic E-state index is 11.7. The van der Waals surface area contributed by atoms with Crippen molar-refractivity contribution in [2.45, 2.75) is 78.3 Å². The first-order valence-corrected chi connectivity index (χ1v) is 22.2. The summed E-state index contributed by atoms with van der Waals surface area (Å²) in [5, 5.41) is 0. The quantitative estimate of drug-likeness (QED) is 0.166. The zero-order chi connectivity index (χ0) is 22.9. The van der Waals surface area contributed by atoms with Crippen LogP contribution >= 0.6 is 0 Å². The standard InChI is InChI=1S/C18H40O7Si4/c1-11-21-17(19)13-14-18(20)22-15-12-16-28(8,9)25-29(10,23-26(2,3)4)24-27(5,6)7/h13-14H,11-12,15-16H2,1-10H3/b14-13+. The van der Waals surface area contributed by atoms with Crippen molar-refractivity contribution in [2.75, 3.05) is 13.2 Å². The number of hydrogen-bond acceptors (Lipinski definition) is 7. The largest absolute Gasteiger partial charge is 0.466 e. The first-order valence-electron chi connectivity index (χ1n) is 10.1. The second kappa shape index (κ2) is 11.7. The van der Waals surface area contributed by atoms with Gasteiger partial charge in [0.05, 0.1) is 13.2 Å². The smallest absolute Gasteiger partial charge is 0.463 e. The number of rotatable bonds is 13. The van der Waals surface area contributed by atoms with E-state index < -0.39 is 45.7 Å². The van der Waals surface area contributed by atoms with E-state index in [0.717, 1.165) is 18.2 Å². The van der Waals surface area contributed by atoms with Crippen LogP contribution in [-0.2, 0) is 31.4 Å². The molecule has 0 saturated carbocycles. The number of carbonyl (C=O) groups is 2. The lowest BCUT2D eigenvalue weighted by Gasteiger charge is -2.41. The normalized spacial score (nSPS) is 13.6. The molecule has 0 saturated heterocycles. The molecule has 0 aliphatic carbocycles. The Balaban J connectivity index is 4.70. The Bertz CT molecular complexity index is 550. The molecule has 11 heteroatoms. The van der Waals surface area contributed by atoms with Gasteiger partial charge >= 0.3 is 20.7 Å². The van der Waals surface area contributed by atoms with Crippen molar-refractivity contribution in [2.24, 2.45) is 0 Å². The van der Waals surface area contributed by atoms with E-state index >= 15 is 0 Å². The molecule has 0 bridgehead atoms. The van der Waals surface area contributed by atoms with Crippen molar-refractivity contribution in [1.29, 1.82) is 0 Å². The van der Waals surface area contributed by atoms with Crippen LogP contribution in [-0.4, -0.2) is 58.9 Å². The van der Waals surface area contributed by atoms with Gasteiger partial charge in [-0.1, -0.05) is 0 Å². The van der Waals surface area contributed by atoms with E-state index in [-0.39, 0.29) is 13.2 Å². The third-order valence-electron chi connectivity index (χ3n) is 3.25. The van der Waals surface area contributed by atoms with Crippen molar-refractivity contribution in [3.63, 3.8) is 0 Å². The van der Waals surface area contributed by atoms with Gasteiger partial charge < -0.3 is 21.8 Å². The molecule has 0 aromatic carbocycles. The van der Waals surface area contributed by atoms with Gasteiger partial charge in [0.25, 0.3) is 0 Å². The Hall–Kier alpha value is -0.572. The van der Waals surface area contributed by atoms with Crippen LogP contribution in [0.25, 0.3) is 0 Å². The first kappa shape index (κ1) is 28.4. The molecule has 7 nitrogen and oxygen atoms in total. The average Bonchev–Trinajstić information content (AvgIpc) is 2.44. The summed E-state index contributed by atoms with van der Waals surface area (Å²) in [5.74, 6) is -1.11. The molecular formula is C18H40O7Si4. The highest BCUT2D eigenvalue weighted by atomic mass is 28.5. The van der Waals surface area contributed by atoms with Crippen molar-refractivity contribution in [1.82, 2.24) is 0 Å². The van der Waals surface area contributed by atoms with Crippen LogP contribution in [0.2, 0.25) is 65.0 Å². The Labute approximate surface area is 180 Å². The van der Waals surface area contributed by atoms with Gasteiger partial charge in [-0.25, -0.2) is 9.59 Å². The highest BCUT2D eigenvalue weighted by molar-refractivity contribution is 6.89. The number of ether oxygens (including phenoxy) is 2. The topological polar surface area (TPSA) is 80.3 Å². The second-order valence-corrected chi connectivity index (χ2v) is 26.2. The molecule has 0 aliphatic heterocycles. The Morgan fingerprint density at radius 1 is 0.724 bits per heavy atom. The lowest BCUT2D eigenvalue weighted by atomic mass is 10.5. The van der Waals surface area contributed by atoms with Crippen LogP contribution in [0.1, 0.15) is 13.3 Å². The molecule has 0 aromatic rings. The molecule has 0 N–H and O–H groups in total. The summed E-state index contributed by atoms with van der Waals surface area (Å²) in [6.45, 7) is 21.4. The third kappa shape index (κ3) is 15.9. The van der Waals surface area contributed by atoms with E-state index in [1.807, 2.05) is 6.55 Å². The van der Waals surface area contributed by atoms with E-state index in [1.54, 1.807) is 6.92 Å². The summed E-state index contributed by atoms with van der Waals surface area (Å²) in [6.07, 6.45) is 2.85. The summed E-state index contributed by atoms with van der Waals surface area (Å²) in [4.78, 5) is 22.9. The van der Waals surface area contributed by atoms with Gasteiger partial charge in [-0.3, -0.25) is 0 Å². The molecule has 0 spiro atoms. The van der Waals surface area contributed by atoms with E-state index in [4.69, 9.17) is 21.8 Å². The van der Waals surface area contributed by atoms with Crippen molar-refractivity contribution in [3.05, 3.63) is 12.2 Å². The molecular weight excluding hydrogens is 441 g/mol. The second-order valence-electron chi connectivity index (χ2n) is 9.51. The monoisotopic (exact) mass is 480 g/mol. The predicted octanol–water partition coefficient (Wildman–Crippen LogP) is 4.53. The zero-order valence-corrected chi connectivity index (χ0v) is 23.8. The summed E-state index contributed by atoms with van der Waals surface area (Å²) in [7, 11) is -8.50. The van der Waals surface area contributed by atoms with Crippen molar-refractivity contribution >= 4 is 45.7 Å². The molecule has 0 fully saturated rings. The van der Waals surface area contributed by atoms with Gasteiger partial charge in [0, 0.05) is 18.7 Å². The van der Waals surface area contributed by atoms with Gasteiger partial charge in [-0.2, -0.15) is 0 Å². The summed E-state index contributed by atoms with van der Waals surface area (Å²) in [6, 6.07) is 0.814. The minimum Gasteiger partial charge on any atom is -0.463 e. The lowest BCUT2D eigenvalue weighted by Crippen LogP contribution is -2.59. The van der Waals surface area contributed by atoms with Gasteiger partial charge in [-0.05, 0) is 71.8 Å². The van der Waals surface area contributed by atoms with Crippen LogP contribution in [0.5, 0.6) is 0 Å². The fourth-order valence-electron chi connectivity index (χ4n) is 2.77. The third-order valence-corrected chi connectivity index (χ3v) is 16.4. The molecule has 0 heterocycles. The minimum atomic E-state index is -2.76. The van der Waals surface area contributed by atoms with Crippen LogP contribution in [0.15, 0.2) is 12.2 Å². The molecule has 0 unspecified atom stereocenters. The fraction of sp³-hybridized carbons (Fsp3) is 0.778. The summed E-state index contributed by atoms with van der Waals surface area (Å²) in [5.41, 5.74) is 0. The van der Waals surface area contributed by atoms with Crippen molar-refractivity contribution in [3.8, 4) is 0 Å². The van der Waals surface area contributed by atoms with Gasteiger partial charge in [0.2, 0.25) is 0 Å². The van der Waals surface area contributed by atoms with Crippen molar-refractivity contribution < 1.29 is 31.4 Å². The lowest BCUT2D eigenvalue weighted by molar-refractivity contribution is -0.140. The Morgan fingerprint density at radius 3 is 1.59 bits per heavy atom. The summed E-state index contributed by atoms with van der Waals surface area (Å²) >= 11 is 0. The van der Waals surface area contributed by atoms with Crippen LogP contribution in [0.4, 0.5) is 0 Å². The fourth-order valence-corrected chi connectivity index (χ4v) is 18.7. The van der Waals surface area contributed by atoms with Gasteiger partial charge in [-0.15, -0.1) is 0 Å². The van der Waals surface area contributed by atoms with Crippen LogP contribution in [0, 0.1) is 0 Å². The molecule has 0 atom stereocenters. The van der Waals surface area contributed by atoms with E-state index in [2.05, 4.69) is 52.4 Å². The van der Waals surface area contributed by atoms with E-state index in [0.29, 0.717) is 6.42 Å². The summed E-state index contributed by atoms with van der Waals surface area (Å²) < 4.78 is 29.3. The Morgan fingerprint density at radius 2 is 1.17 bits per heavy atom. The first-order chi connectivity index (χ1) is 13.0. The molecule has 0 rings (SSSR count). The van der Waals surface area contributed by atoms with Gasteiger partial charge in [0.15, 0.2) is 25.0 Å². The van der Waals surface area contributed by atoms with Gasteiger partial charge in [0.1, 0.15) is 0 Å². The SMILES string of the molecule is CCOC(=O)/C=C/C(=O)OCCC[Si](C)(C)O[Si](C)(O[Si](C)(C)C)O[Si](C)(C)C. The molecule has 0 amide bonds. The molecule has 0 radical (unpaired) electrons. The minimum absolute atomic E-state index is 0.267. The molecule has 170 valence electrons. The molecule has 0 aromatic heterocycles. The maximum Gasteiger partial charge on any atom is 0.466 e. The highest BCUT2D eigenvalue weighted by Gasteiger charge is 2.46. The zero-order valence-electron chi connectivity index (χ0n) is 19.8. The van der Waals surface area contributed by atoms with Crippen LogP contribution < -0.4 is 0 Å². The molecule has 0 aliphatic rings. The number of hydrogen-bond donors (Lipinski definition) is 0.